The second-order valence-electron chi connectivity index (χ2n) is 3.44. The number of hydrogen-bond acceptors (Lipinski definition) is 3. The molecule has 0 aliphatic heterocycles. The fraction of sp³-hybridized carbons (Fsp3) is 0.0833. The van der Waals surface area contributed by atoms with Crippen LogP contribution in [0.5, 0.6) is 5.75 Å². The second kappa shape index (κ2) is 5.49. The molecule has 0 unspecified atom stereocenters. The zero-order valence-corrected chi connectivity index (χ0v) is 11.4. The molecule has 0 atom stereocenters. The summed E-state index contributed by atoms with van der Waals surface area (Å²) in [6, 6.07) is 6.08. The number of thiophene rings is 1. The number of ether oxygens (including phenoxy) is 1. The van der Waals surface area contributed by atoms with Crippen LogP contribution in [-0.4, -0.2) is 11.1 Å². The van der Waals surface area contributed by atoms with E-state index in [0.29, 0.717) is 5.56 Å². The molecule has 2 rings (SSSR count). The molecule has 18 heavy (non-hydrogen) atoms. The minimum atomic E-state index is -1.05. The van der Waals surface area contributed by atoms with Crippen molar-refractivity contribution in [2.45, 2.75) is 6.61 Å². The molecule has 1 heterocycles. The van der Waals surface area contributed by atoms with Crippen LogP contribution in [0.15, 0.2) is 34.1 Å². The van der Waals surface area contributed by atoms with Crippen molar-refractivity contribution in [1.29, 1.82) is 0 Å². The highest BCUT2D eigenvalue weighted by atomic mass is 79.9. The fourth-order valence-electron chi connectivity index (χ4n) is 1.38. The maximum absolute atomic E-state index is 13.4. The lowest BCUT2D eigenvalue weighted by Gasteiger charge is -2.07. The van der Waals surface area contributed by atoms with Crippen LogP contribution in [0, 0.1) is 5.82 Å². The smallest absolute Gasteiger partial charge is 0.349 e. The van der Waals surface area contributed by atoms with Crippen LogP contribution in [0.25, 0.3) is 0 Å². The van der Waals surface area contributed by atoms with Gasteiger partial charge in [0.05, 0.1) is 0 Å². The van der Waals surface area contributed by atoms with E-state index in [1.165, 1.54) is 6.07 Å². The SMILES string of the molecule is O=C(O)c1sccc1OCc1cc(Br)ccc1F. The zero-order valence-electron chi connectivity index (χ0n) is 9.02. The number of halogens is 2. The average molecular weight is 331 g/mol. The molecule has 0 aliphatic carbocycles. The predicted molar refractivity (Wildman–Crippen MR) is 69.7 cm³/mol. The third kappa shape index (κ3) is 2.88. The van der Waals surface area contributed by atoms with Crippen LogP contribution < -0.4 is 4.74 Å². The van der Waals surface area contributed by atoms with E-state index < -0.39 is 5.97 Å². The van der Waals surface area contributed by atoms with Gasteiger partial charge in [-0.2, -0.15) is 0 Å². The molecule has 1 N–H and O–H groups in total. The number of aromatic carboxylic acids is 1. The predicted octanol–water partition coefficient (Wildman–Crippen LogP) is 3.93. The quantitative estimate of drug-likeness (QED) is 0.923. The van der Waals surface area contributed by atoms with E-state index in [1.54, 1.807) is 23.6 Å². The van der Waals surface area contributed by atoms with E-state index in [-0.39, 0.29) is 23.1 Å². The summed E-state index contributed by atoms with van der Waals surface area (Å²) in [6.45, 7) is -0.0116. The lowest BCUT2D eigenvalue weighted by atomic mass is 10.2. The summed E-state index contributed by atoms with van der Waals surface area (Å²) in [4.78, 5) is 11.0. The maximum atomic E-state index is 13.4. The summed E-state index contributed by atoms with van der Waals surface area (Å²) in [6.07, 6.45) is 0. The van der Waals surface area contributed by atoms with Crippen LogP contribution >= 0.6 is 27.3 Å². The summed E-state index contributed by atoms with van der Waals surface area (Å²) in [5.41, 5.74) is 0.368. The number of benzene rings is 1. The molecule has 2 aromatic rings. The van der Waals surface area contributed by atoms with Crippen molar-refractivity contribution in [3.05, 3.63) is 50.4 Å². The molecule has 1 aromatic carbocycles. The van der Waals surface area contributed by atoms with Crippen molar-refractivity contribution < 1.29 is 19.0 Å². The molecule has 0 amide bonds. The van der Waals surface area contributed by atoms with Gasteiger partial charge in [0.1, 0.15) is 18.2 Å². The lowest BCUT2D eigenvalue weighted by molar-refractivity contribution is 0.0697. The molecule has 0 aliphatic rings. The molecule has 0 saturated carbocycles. The van der Waals surface area contributed by atoms with E-state index in [0.717, 1.165) is 15.8 Å². The molecule has 0 bridgehead atoms. The van der Waals surface area contributed by atoms with Gasteiger partial charge >= 0.3 is 5.97 Å². The van der Waals surface area contributed by atoms with Crippen molar-refractivity contribution in [1.82, 2.24) is 0 Å². The van der Waals surface area contributed by atoms with E-state index in [1.807, 2.05) is 0 Å². The minimum absolute atomic E-state index is 0.0116. The van der Waals surface area contributed by atoms with Crippen LogP contribution in [0.2, 0.25) is 0 Å². The Hall–Kier alpha value is -1.40. The molecule has 6 heteroatoms. The van der Waals surface area contributed by atoms with E-state index >= 15 is 0 Å². The Balaban J connectivity index is 2.14. The third-order valence-corrected chi connectivity index (χ3v) is 3.59. The molecule has 0 spiro atoms. The van der Waals surface area contributed by atoms with Gasteiger partial charge < -0.3 is 9.84 Å². The van der Waals surface area contributed by atoms with Gasteiger partial charge in [0.15, 0.2) is 4.88 Å². The van der Waals surface area contributed by atoms with E-state index in [4.69, 9.17) is 9.84 Å². The normalized spacial score (nSPS) is 10.3. The van der Waals surface area contributed by atoms with Gasteiger partial charge in [-0.1, -0.05) is 15.9 Å². The average Bonchev–Trinajstić information content (AvgIpc) is 2.79. The summed E-state index contributed by atoms with van der Waals surface area (Å²) >= 11 is 4.31. The fourth-order valence-corrected chi connectivity index (χ4v) is 2.46. The summed E-state index contributed by atoms with van der Waals surface area (Å²) in [7, 11) is 0. The molecular formula is C12H8BrFO3S. The molecule has 0 fully saturated rings. The first-order valence-corrected chi connectivity index (χ1v) is 6.62. The van der Waals surface area contributed by atoms with Crippen LogP contribution in [0.1, 0.15) is 15.2 Å². The Kier molecular flexibility index (Phi) is 3.98. The standard InChI is InChI=1S/C12H8BrFO3S/c13-8-1-2-9(14)7(5-8)6-17-10-3-4-18-11(10)12(15)16/h1-5H,6H2,(H,15,16). The largest absolute Gasteiger partial charge is 0.487 e. The maximum Gasteiger partial charge on any atom is 0.349 e. The highest BCUT2D eigenvalue weighted by Gasteiger charge is 2.13. The van der Waals surface area contributed by atoms with Crippen molar-refractivity contribution in [2.75, 3.05) is 0 Å². The Morgan fingerprint density at radius 2 is 2.22 bits per heavy atom. The van der Waals surface area contributed by atoms with Crippen molar-refractivity contribution in [3.8, 4) is 5.75 Å². The van der Waals surface area contributed by atoms with Crippen molar-refractivity contribution in [2.24, 2.45) is 0 Å². The van der Waals surface area contributed by atoms with Gasteiger partial charge in [-0.15, -0.1) is 11.3 Å². The summed E-state index contributed by atoms with van der Waals surface area (Å²) in [5, 5.41) is 10.5. The number of rotatable bonds is 4. The number of carboxylic acids is 1. The third-order valence-electron chi connectivity index (χ3n) is 2.21. The molecule has 0 radical (unpaired) electrons. The van der Waals surface area contributed by atoms with Gasteiger partial charge in [-0.3, -0.25) is 0 Å². The van der Waals surface area contributed by atoms with E-state index in [9.17, 15) is 9.18 Å². The highest BCUT2D eigenvalue weighted by molar-refractivity contribution is 9.10. The first kappa shape index (κ1) is 13.0. The zero-order chi connectivity index (χ0) is 13.1. The Morgan fingerprint density at radius 1 is 1.44 bits per heavy atom. The number of carboxylic acid groups (broad SMARTS) is 1. The highest BCUT2D eigenvalue weighted by Crippen LogP contribution is 2.26. The van der Waals surface area contributed by atoms with Crippen LogP contribution in [-0.2, 0) is 6.61 Å². The van der Waals surface area contributed by atoms with Gasteiger partial charge in [-0.25, -0.2) is 9.18 Å². The van der Waals surface area contributed by atoms with E-state index in [2.05, 4.69) is 15.9 Å². The molecule has 0 saturated heterocycles. The van der Waals surface area contributed by atoms with Crippen molar-refractivity contribution >= 4 is 33.2 Å². The van der Waals surface area contributed by atoms with Crippen molar-refractivity contribution in [3.63, 3.8) is 0 Å². The molecule has 94 valence electrons. The van der Waals surface area contributed by atoms with Crippen LogP contribution in [0.3, 0.4) is 0 Å². The van der Waals surface area contributed by atoms with Gasteiger partial charge in [0.2, 0.25) is 0 Å². The Labute approximate surface area is 115 Å². The Bertz CT molecular complexity index is 582. The minimum Gasteiger partial charge on any atom is -0.487 e. The monoisotopic (exact) mass is 330 g/mol. The molecule has 1 aromatic heterocycles. The second-order valence-corrected chi connectivity index (χ2v) is 5.28. The van der Waals surface area contributed by atoms with Gasteiger partial charge in [0.25, 0.3) is 0 Å². The van der Waals surface area contributed by atoms with Gasteiger partial charge in [0, 0.05) is 10.0 Å². The lowest BCUT2D eigenvalue weighted by Crippen LogP contribution is -2.01. The molecular weight excluding hydrogens is 323 g/mol. The topological polar surface area (TPSA) is 46.5 Å². The first-order valence-electron chi connectivity index (χ1n) is 4.95. The Morgan fingerprint density at radius 3 is 2.94 bits per heavy atom. The number of hydrogen-bond donors (Lipinski definition) is 1. The summed E-state index contributed by atoms with van der Waals surface area (Å²) in [5.74, 6) is -1.17. The first-order chi connectivity index (χ1) is 8.58. The van der Waals surface area contributed by atoms with Crippen LogP contribution in [0.4, 0.5) is 4.39 Å². The summed E-state index contributed by atoms with van der Waals surface area (Å²) < 4.78 is 19.5. The van der Waals surface area contributed by atoms with Gasteiger partial charge in [-0.05, 0) is 29.6 Å². The molecule has 3 nitrogen and oxygen atoms in total. The number of carbonyl (C=O) groups is 1.